The van der Waals surface area contributed by atoms with Crippen molar-refractivity contribution in [2.24, 2.45) is 0 Å². The van der Waals surface area contributed by atoms with E-state index in [4.69, 9.17) is 14.0 Å². The van der Waals surface area contributed by atoms with E-state index in [2.05, 4.69) is 5.32 Å². The van der Waals surface area contributed by atoms with Gasteiger partial charge in [-0.1, -0.05) is 12.1 Å². The van der Waals surface area contributed by atoms with Gasteiger partial charge in [-0.3, -0.25) is 4.79 Å². The molecule has 5 nitrogen and oxygen atoms in total. The monoisotopic (exact) mass is 381 g/mol. The molecule has 0 atom stereocenters. The second kappa shape index (κ2) is 6.74. The van der Waals surface area contributed by atoms with Gasteiger partial charge in [0.15, 0.2) is 0 Å². The first-order valence-corrected chi connectivity index (χ1v) is 9.12. The molecule has 148 valence electrons. The Morgan fingerprint density at radius 3 is 2.33 bits per heavy atom. The molecule has 1 aliphatic heterocycles. The van der Waals surface area contributed by atoms with Crippen molar-refractivity contribution in [3.8, 4) is 5.75 Å². The topological polar surface area (TPSA) is 56.8 Å². The SMILES string of the molecule is COc1ccc(B2OC(C)(C)C(C)(C)O2)cc1CC(=O)NC1CC(F)(F)C1. The summed E-state index contributed by atoms with van der Waals surface area (Å²) in [7, 11) is 0.977. The molecule has 0 radical (unpaired) electrons. The van der Waals surface area contributed by atoms with Crippen molar-refractivity contribution < 1.29 is 27.6 Å². The van der Waals surface area contributed by atoms with E-state index in [0.29, 0.717) is 11.3 Å². The summed E-state index contributed by atoms with van der Waals surface area (Å²) in [5.41, 5.74) is 0.510. The molecule has 1 aliphatic carbocycles. The zero-order chi connectivity index (χ0) is 20.0. The van der Waals surface area contributed by atoms with Gasteiger partial charge in [0.2, 0.25) is 5.91 Å². The number of nitrogens with one attached hydrogen (secondary N) is 1. The van der Waals surface area contributed by atoms with Crippen molar-refractivity contribution in [3.05, 3.63) is 23.8 Å². The predicted octanol–water partition coefficient (Wildman–Crippen LogP) is 2.45. The van der Waals surface area contributed by atoms with E-state index in [-0.39, 0.29) is 25.2 Å². The zero-order valence-corrected chi connectivity index (χ0v) is 16.4. The smallest absolute Gasteiger partial charge is 0.494 e. The van der Waals surface area contributed by atoms with E-state index in [0.717, 1.165) is 5.46 Å². The quantitative estimate of drug-likeness (QED) is 0.797. The Morgan fingerprint density at radius 2 is 1.81 bits per heavy atom. The van der Waals surface area contributed by atoms with Crippen LogP contribution in [0.1, 0.15) is 46.1 Å². The van der Waals surface area contributed by atoms with Crippen molar-refractivity contribution in [3.63, 3.8) is 0 Å². The van der Waals surface area contributed by atoms with Gasteiger partial charge >= 0.3 is 7.12 Å². The van der Waals surface area contributed by atoms with E-state index in [1.807, 2.05) is 39.8 Å². The second-order valence-electron chi connectivity index (χ2n) is 8.36. The molecule has 2 fully saturated rings. The first-order valence-electron chi connectivity index (χ1n) is 9.12. The number of ether oxygens (including phenoxy) is 1. The first kappa shape index (κ1) is 20.1. The van der Waals surface area contributed by atoms with Crippen LogP contribution in [-0.2, 0) is 20.5 Å². The van der Waals surface area contributed by atoms with Crippen LogP contribution in [0.2, 0.25) is 0 Å². The second-order valence-corrected chi connectivity index (χ2v) is 8.36. The van der Waals surface area contributed by atoms with Crippen LogP contribution in [0.3, 0.4) is 0 Å². The number of rotatable bonds is 5. The number of methoxy groups -OCH3 is 1. The fraction of sp³-hybridized carbons (Fsp3) is 0.632. The summed E-state index contributed by atoms with van der Waals surface area (Å²) in [5.74, 6) is -2.41. The molecule has 1 aromatic rings. The lowest BCUT2D eigenvalue weighted by molar-refractivity contribution is -0.128. The summed E-state index contributed by atoms with van der Waals surface area (Å²) in [6.45, 7) is 7.89. The van der Waals surface area contributed by atoms with Crippen LogP contribution in [-0.4, -0.2) is 43.3 Å². The zero-order valence-electron chi connectivity index (χ0n) is 16.4. The molecule has 2 aliphatic rings. The lowest BCUT2D eigenvalue weighted by Crippen LogP contribution is -2.50. The predicted molar refractivity (Wildman–Crippen MR) is 98.5 cm³/mol. The summed E-state index contributed by atoms with van der Waals surface area (Å²) in [5, 5.41) is 2.65. The molecule has 1 N–H and O–H groups in total. The third kappa shape index (κ3) is 4.11. The highest BCUT2D eigenvalue weighted by Gasteiger charge is 2.51. The van der Waals surface area contributed by atoms with Gasteiger partial charge in [0.25, 0.3) is 5.92 Å². The molecule has 0 bridgehead atoms. The lowest BCUT2D eigenvalue weighted by Gasteiger charge is -2.35. The van der Waals surface area contributed by atoms with Gasteiger partial charge in [-0.15, -0.1) is 0 Å². The number of carbonyl (C=O) groups is 1. The Labute approximate surface area is 158 Å². The normalized spacial score (nSPS) is 23.0. The minimum atomic E-state index is -2.66. The van der Waals surface area contributed by atoms with E-state index in [9.17, 15) is 13.6 Å². The van der Waals surface area contributed by atoms with E-state index in [1.54, 1.807) is 6.07 Å². The summed E-state index contributed by atoms with van der Waals surface area (Å²) >= 11 is 0. The number of hydrogen-bond donors (Lipinski definition) is 1. The number of halogens is 2. The first-order chi connectivity index (χ1) is 12.4. The highest BCUT2D eigenvalue weighted by atomic mass is 19.3. The molecular weight excluding hydrogens is 355 g/mol. The van der Waals surface area contributed by atoms with Crippen LogP contribution >= 0.6 is 0 Å². The standard InChI is InChI=1S/C19H26BF2NO4/c1-17(2)18(3,4)27-20(26-17)13-6-7-15(25-5)12(8-13)9-16(24)23-14-10-19(21,22)11-14/h6-8,14H,9-11H2,1-5H3,(H,23,24). The van der Waals surface area contributed by atoms with E-state index in [1.165, 1.54) is 7.11 Å². The number of carbonyl (C=O) groups excluding carboxylic acids is 1. The average molecular weight is 381 g/mol. The fourth-order valence-electron chi connectivity index (χ4n) is 3.28. The Morgan fingerprint density at radius 1 is 1.22 bits per heavy atom. The van der Waals surface area contributed by atoms with Crippen molar-refractivity contribution in [2.75, 3.05) is 7.11 Å². The summed E-state index contributed by atoms with van der Waals surface area (Å²) in [6, 6.07) is 4.95. The van der Waals surface area contributed by atoms with Crippen molar-refractivity contribution in [1.82, 2.24) is 5.32 Å². The van der Waals surface area contributed by atoms with Gasteiger partial charge in [-0.2, -0.15) is 0 Å². The Kier molecular flexibility index (Phi) is 5.01. The van der Waals surface area contributed by atoms with Crippen molar-refractivity contribution >= 4 is 18.5 Å². The minimum Gasteiger partial charge on any atom is -0.496 e. The molecule has 1 saturated heterocycles. The van der Waals surface area contributed by atoms with Crippen molar-refractivity contribution in [1.29, 1.82) is 0 Å². The van der Waals surface area contributed by atoms with Gasteiger partial charge in [-0.25, -0.2) is 8.78 Å². The Bertz CT molecular complexity index is 714. The number of amides is 1. The molecular formula is C19H26BF2NO4. The maximum atomic E-state index is 12.9. The Balaban J connectivity index is 1.72. The van der Waals surface area contributed by atoms with Gasteiger partial charge in [0.05, 0.1) is 24.7 Å². The van der Waals surface area contributed by atoms with Crippen LogP contribution in [0, 0.1) is 0 Å². The third-order valence-corrected chi connectivity index (χ3v) is 5.64. The highest BCUT2D eigenvalue weighted by Crippen LogP contribution is 2.38. The molecule has 3 rings (SSSR count). The highest BCUT2D eigenvalue weighted by molar-refractivity contribution is 6.62. The molecule has 8 heteroatoms. The third-order valence-electron chi connectivity index (χ3n) is 5.64. The van der Waals surface area contributed by atoms with E-state index < -0.39 is 30.3 Å². The maximum Gasteiger partial charge on any atom is 0.494 e. The molecule has 1 amide bonds. The summed E-state index contributed by atoms with van der Waals surface area (Å²) < 4.78 is 43.3. The average Bonchev–Trinajstić information content (AvgIpc) is 2.73. The van der Waals surface area contributed by atoms with Crippen LogP contribution in [0.15, 0.2) is 18.2 Å². The Hall–Kier alpha value is -1.67. The van der Waals surface area contributed by atoms with Crippen molar-refractivity contribution in [2.45, 2.75) is 70.1 Å². The van der Waals surface area contributed by atoms with Gasteiger partial charge in [0.1, 0.15) is 5.75 Å². The maximum absolute atomic E-state index is 12.9. The fourth-order valence-corrected chi connectivity index (χ4v) is 3.28. The number of alkyl halides is 2. The number of hydrogen-bond acceptors (Lipinski definition) is 4. The number of benzene rings is 1. The van der Waals surface area contributed by atoms with Gasteiger partial charge < -0.3 is 19.4 Å². The van der Waals surface area contributed by atoms with Crippen LogP contribution in [0.4, 0.5) is 8.78 Å². The van der Waals surface area contributed by atoms with Gasteiger partial charge in [-0.05, 0) is 39.2 Å². The largest absolute Gasteiger partial charge is 0.496 e. The van der Waals surface area contributed by atoms with Crippen LogP contribution in [0.5, 0.6) is 5.75 Å². The van der Waals surface area contributed by atoms with E-state index >= 15 is 0 Å². The van der Waals surface area contributed by atoms with Crippen LogP contribution in [0.25, 0.3) is 0 Å². The molecule has 1 aromatic carbocycles. The lowest BCUT2D eigenvalue weighted by atomic mass is 9.78. The summed E-state index contributed by atoms with van der Waals surface area (Å²) in [6.07, 6.45) is -0.563. The molecule has 1 heterocycles. The molecule has 0 spiro atoms. The van der Waals surface area contributed by atoms with Crippen LogP contribution < -0.4 is 15.5 Å². The van der Waals surface area contributed by atoms with Gasteiger partial charge in [0, 0.05) is 24.4 Å². The molecule has 27 heavy (non-hydrogen) atoms. The molecule has 0 aromatic heterocycles. The minimum absolute atomic E-state index is 0.0403. The molecule has 0 unspecified atom stereocenters. The summed E-state index contributed by atoms with van der Waals surface area (Å²) in [4.78, 5) is 12.3. The molecule has 1 saturated carbocycles.